The van der Waals surface area contributed by atoms with E-state index in [4.69, 9.17) is 22.1 Å². The van der Waals surface area contributed by atoms with Crippen molar-refractivity contribution in [2.75, 3.05) is 13.7 Å². The molecule has 16 heavy (non-hydrogen) atoms. The first-order valence-electron chi connectivity index (χ1n) is 5.01. The van der Waals surface area contributed by atoms with E-state index in [1.807, 2.05) is 0 Å². The fourth-order valence-electron chi connectivity index (χ4n) is 1.92. The number of phenolic OH excluding ortho intramolecular Hbond substituents is 1. The smallest absolute Gasteiger partial charge is 0.198 e. The second-order valence-corrected chi connectivity index (χ2v) is 4.49. The third-order valence-corrected chi connectivity index (χ3v) is 3.45. The predicted molar refractivity (Wildman–Crippen MR) is 59.6 cm³/mol. The number of hydrogen-bond donors (Lipinski definition) is 2. The van der Waals surface area contributed by atoms with Crippen LogP contribution < -0.4 is 10.5 Å². The lowest BCUT2D eigenvalue weighted by Gasteiger charge is -2.17. The molecule has 1 fully saturated rings. The molecule has 1 saturated carbocycles. The predicted octanol–water partition coefficient (Wildman–Crippen LogP) is 2.18. The molecule has 0 bridgehead atoms. The topological polar surface area (TPSA) is 55.5 Å². The average Bonchev–Trinajstić information content (AvgIpc) is 3.05. The fourth-order valence-corrected chi connectivity index (χ4v) is 2.11. The number of halogens is 2. The number of methoxy groups -OCH3 is 1. The van der Waals surface area contributed by atoms with Crippen molar-refractivity contribution in [2.45, 2.75) is 18.3 Å². The second-order valence-electron chi connectivity index (χ2n) is 4.09. The Balaban J connectivity index is 2.59. The van der Waals surface area contributed by atoms with Gasteiger partial charge in [-0.3, -0.25) is 0 Å². The van der Waals surface area contributed by atoms with Gasteiger partial charge in [-0.25, -0.2) is 4.39 Å². The number of aromatic hydroxyl groups is 1. The highest BCUT2D eigenvalue weighted by Gasteiger charge is 2.46. The van der Waals surface area contributed by atoms with Crippen LogP contribution in [0.1, 0.15) is 18.4 Å². The van der Waals surface area contributed by atoms with Gasteiger partial charge in [-0.2, -0.15) is 0 Å². The van der Waals surface area contributed by atoms with Gasteiger partial charge in [0.15, 0.2) is 17.3 Å². The van der Waals surface area contributed by atoms with Crippen LogP contribution in [0.2, 0.25) is 5.02 Å². The standard InChI is InChI=1S/C11H13ClFNO2/c1-16-10-8(13)7(12)4-6(9(10)15)11(5-14)2-3-11/h4,15H,2-3,5,14H2,1H3. The van der Waals surface area contributed by atoms with Crippen molar-refractivity contribution in [3.8, 4) is 11.5 Å². The van der Waals surface area contributed by atoms with Crippen molar-refractivity contribution >= 4 is 11.6 Å². The lowest BCUT2D eigenvalue weighted by atomic mass is 9.94. The first-order chi connectivity index (χ1) is 7.55. The number of hydrogen-bond acceptors (Lipinski definition) is 3. The Morgan fingerprint density at radius 1 is 1.62 bits per heavy atom. The molecule has 0 atom stereocenters. The van der Waals surface area contributed by atoms with Gasteiger partial charge in [-0.05, 0) is 18.9 Å². The first-order valence-corrected chi connectivity index (χ1v) is 5.39. The van der Waals surface area contributed by atoms with Crippen LogP contribution in [0, 0.1) is 5.82 Å². The van der Waals surface area contributed by atoms with Gasteiger partial charge in [-0.1, -0.05) is 11.6 Å². The van der Waals surface area contributed by atoms with Crippen LogP contribution in [0.25, 0.3) is 0 Å². The molecule has 0 unspecified atom stereocenters. The molecule has 0 aromatic heterocycles. The summed E-state index contributed by atoms with van der Waals surface area (Å²) in [5, 5.41) is 9.87. The fraction of sp³-hybridized carbons (Fsp3) is 0.455. The van der Waals surface area contributed by atoms with Crippen molar-refractivity contribution in [1.82, 2.24) is 0 Å². The summed E-state index contributed by atoms with van der Waals surface area (Å²) in [7, 11) is 1.29. The second kappa shape index (κ2) is 3.79. The molecule has 3 nitrogen and oxygen atoms in total. The molecule has 1 aliphatic rings. The van der Waals surface area contributed by atoms with Crippen molar-refractivity contribution in [3.63, 3.8) is 0 Å². The zero-order chi connectivity index (χ0) is 11.9. The molecule has 0 heterocycles. The molecule has 3 N–H and O–H groups in total. The Morgan fingerprint density at radius 3 is 2.69 bits per heavy atom. The lowest BCUT2D eigenvalue weighted by Crippen LogP contribution is -2.20. The summed E-state index contributed by atoms with van der Waals surface area (Å²) in [6.07, 6.45) is 1.75. The summed E-state index contributed by atoms with van der Waals surface area (Å²) >= 11 is 5.75. The highest BCUT2D eigenvalue weighted by molar-refractivity contribution is 6.31. The van der Waals surface area contributed by atoms with Crippen molar-refractivity contribution in [2.24, 2.45) is 5.73 Å². The van der Waals surface area contributed by atoms with Crippen LogP contribution in [-0.2, 0) is 5.41 Å². The minimum absolute atomic E-state index is 0.0515. The molecule has 0 saturated heterocycles. The summed E-state index contributed by atoms with van der Waals surface area (Å²) in [5.74, 6) is -1.13. The molecule has 1 aliphatic carbocycles. The number of phenols is 1. The monoisotopic (exact) mass is 245 g/mol. The third-order valence-electron chi connectivity index (χ3n) is 3.17. The molecule has 0 radical (unpaired) electrons. The van der Waals surface area contributed by atoms with Crippen LogP contribution in [0.3, 0.4) is 0 Å². The zero-order valence-corrected chi connectivity index (χ0v) is 9.64. The highest BCUT2D eigenvalue weighted by atomic mass is 35.5. The van der Waals surface area contributed by atoms with Crippen LogP contribution in [0.5, 0.6) is 11.5 Å². The van der Waals surface area contributed by atoms with Crippen LogP contribution in [0.4, 0.5) is 4.39 Å². The van der Waals surface area contributed by atoms with Gasteiger partial charge in [0.25, 0.3) is 0 Å². The van der Waals surface area contributed by atoms with Gasteiger partial charge in [0.1, 0.15) is 0 Å². The van der Waals surface area contributed by atoms with Crippen molar-refractivity contribution in [3.05, 3.63) is 22.5 Å². The van der Waals surface area contributed by atoms with Crippen LogP contribution in [-0.4, -0.2) is 18.8 Å². The number of rotatable bonds is 3. The van der Waals surface area contributed by atoms with Gasteiger partial charge in [0.05, 0.1) is 12.1 Å². The number of ether oxygens (including phenoxy) is 1. The van der Waals surface area contributed by atoms with Gasteiger partial charge >= 0.3 is 0 Å². The van der Waals surface area contributed by atoms with Gasteiger partial charge in [0, 0.05) is 17.5 Å². The van der Waals surface area contributed by atoms with Crippen molar-refractivity contribution in [1.29, 1.82) is 0 Å². The molecule has 0 amide bonds. The Kier molecular flexibility index (Phi) is 2.72. The highest BCUT2D eigenvalue weighted by Crippen LogP contribution is 2.53. The Hall–Kier alpha value is -1.00. The third kappa shape index (κ3) is 1.53. The molecular weight excluding hydrogens is 233 g/mol. The summed E-state index contributed by atoms with van der Waals surface area (Å²) < 4.78 is 18.3. The first kappa shape index (κ1) is 11.5. The SMILES string of the molecule is COc1c(O)c(C2(CN)CC2)cc(Cl)c1F. The number of nitrogens with two attached hydrogens (primary N) is 1. The van der Waals surface area contributed by atoms with E-state index in [1.54, 1.807) is 0 Å². The Morgan fingerprint density at radius 2 is 2.25 bits per heavy atom. The lowest BCUT2D eigenvalue weighted by molar-refractivity contribution is 0.346. The van der Waals surface area contributed by atoms with Gasteiger partial charge in [-0.15, -0.1) is 0 Å². The molecule has 1 aromatic carbocycles. The molecule has 0 spiro atoms. The molecule has 1 aromatic rings. The van der Waals surface area contributed by atoms with Gasteiger partial charge in [0.2, 0.25) is 0 Å². The minimum atomic E-state index is -0.738. The maximum atomic E-state index is 13.5. The van der Waals surface area contributed by atoms with Crippen LogP contribution in [0.15, 0.2) is 6.07 Å². The maximum Gasteiger partial charge on any atom is 0.198 e. The summed E-state index contributed by atoms with van der Waals surface area (Å²) in [6.45, 7) is 0.408. The Labute approximate surface area is 98.0 Å². The molecule has 88 valence electrons. The minimum Gasteiger partial charge on any atom is -0.504 e. The van der Waals surface area contributed by atoms with E-state index in [9.17, 15) is 9.50 Å². The van der Waals surface area contributed by atoms with E-state index in [2.05, 4.69) is 0 Å². The van der Waals surface area contributed by atoms with E-state index >= 15 is 0 Å². The van der Waals surface area contributed by atoms with Crippen molar-refractivity contribution < 1.29 is 14.2 Å². The zero-order valence-electron chi connectivity index (χ0n) is 8.89. The quantitative estimate of drug-likeness (QED) is 0.858. The maximum absolute atomic E-state index is 13.5. The Bertz CT molecular complexity index is 432. The van der Waals surface area contributed by atoms with E-state index < -0.39 is 5.82 Å². The van der Waals surface area contributed by atoms with E-state index in [-0.39, 0.29) is 21.9 Å². The van der Waals surface area contributed by atoms with E-state index in [0.717, 1.165) is 12.8 Å². The molecule has 0 aliphatic heterocycles. The normalized spacial score (nSPS) is 17.2. The average molecular weight is 246 g/mol. The van der Waals surface area contributed by atoms with Crippen LogP contribution >= 0.6 is 11.6 Å². The van der Waals surface area contributed by atoms with E-state index in [1.165, 1.54) is 13.2 Å². The summed E-state index contributed by atoms with van der Waals surface area (Å²) in [6, 6.07) is 1.44. The summed E-state index contributed by atoms with van der Waals surface area (Å²) in [4.78, 5) is 0. The van der Waals surface area contributed by atoms with E-state index in [0.29, 0.717) is 12.1 Å². The molecular formula is C11H13ClFNO2. The molecule has 5 heteroatoms. The number of benzene rings is 1. The largest absolute Gasteiger partial charge is 0.504 e. The summed E-state index contributed by atoms with van der Waals surface area (Å²) in [5.41, 5.74) is 5.99. The molecule has 2 rings (SSSR count). The van der Waals surface area contributed by atoms with Gasteiger partial charge < -0.3 is 15.6 Å².